The Hall–Kier alpha value is -2.82. The van der Waals surface area contributed by atoms with Gasteiger partial charge < -0.3 is 15.4 Å². The Bertz CT molecular complexity index is 809. The van der Waals surface area contributed by atoms with Crippen LogP contribution in [0.3, 0.4) is 0 Å². The van der Waals surface area contributed by atoms with Crippen molar-refractivity contribution >= 4 is 17.5 Å². The Balaban J connectivity index is 2.12. The number of carbonyl (C=O) groups excluding carboxylic acids is 2. The van der Waals surface area contributed by atoms with E-state index in [1.54, 1.807) is 31.2 Å². The number of anilines is 1. The fraction of sp³-hybridized carbons (Fsp3) is 0.364. The third-order valence-electron chi connectivity index (χ3n) is 3.94. The van der Waals surface area contributed by atoms with Gasteiger partial charge in [-0.3, -0.25) is 9.59 Å². The zero-order valence-electron chi connectivity index (χ0n) is 16.6. The van der Waals surface area contributed by atoms with Gasteiger partial charge in [0.15, 0.2) is 6.10 Å². The number of nitrogens with one attached hydrogen (secondary N) is 2. The number of carbonyl (C=O) groups is 2. The highest BCUT2D eigenvalue weighted by atomic mass is 16.5. The maximum absolute atomic E-state index is 12.6. The molecule has 0 spiro atoms. The number of aryl methyl sites for hydroxylation is 1. The molecule has 144 valence electrons. The van der Waals surface area contributed by atoms with Crippen molar-refractivity contribution in [3.05, 3.63) is 59.7 Å². The van der Waals surface area contributed by atoms with Crippen LogP contribution < -0.4 is 15.4 Å². The van der Waals surface area contributed by atoms with Crippen LogP contribution in [0.5, 0.6) is 5.75 Å². The van der Waals surface area contributed by atoms with Crippen LogP contribution in [-0.4, -0.2) is 23.5 Å². The average molecular weight is 368 g/mol. The molecule has 2 rings (SSSR count). The maximum Gasteiger partial charge on any atom is 0.265 e. The van der Waals surface area contributed by atoms with E-state index in [1.165, 1.54) is 0 Å². The lowest BCUT2D eigenvalue weighted by Gasteiger charge is -2.22. The molecule has 0 aliphatic rings. The minimum absolute atomic E-state index is 0.233. The number of benzene rings is 2. The summed E-state index contributed by atoms with van der Waals surface area (Å²) in [4.78, 5) is 25.1. The van der Waals surface area contributed by atoms with Crippen molar-refractivity contribution in [1.82, 2.24) is 5.32 Å². The number of rotatable bonds is 6. The normalized spacial score (nSPS) is 12.2. The van der Waals surface area contributed by atoms with E-state index in [0.29, 0.717) is 17.0 Å². The fourth-order valence-electron chi connectivity index (χ4n) is 2.59. The van der Waals surface area contributed by atoms with E-state index in [4.69, 9.17) is 4.74 Å². The van der Waals surface area contributed by atoms with Crippen molar-refractivity contribution in [2.24, 2.45) is 0 Å². The van der Waals surface area contributed by atoms with E-state index in [-0.39, 0.29) is 17.4 Å². The van der Waals surface area contributed by atoms with Crippen LogP contribution in [-0.2, 0) is 11.2 Å². The molecule has 0 aliphatic carbocycles. The molecule has 2 aromatic rings. The molecule has 27 heavy (non-hydrogen) atoms. The zero-order chi connectivity index (χ0) is 20.0. The second-order valence-corrected chi connectivity index (χ2v) is 7.46. The monoisotopic (exact) mass is 368 g/mol. The predicted molar refractivity (Wildman–Crippen MR) is 108 cm³/mol. The van der Waals surface area contributed by atoms with Crippen LogP contribution >= 0.6 is 0 Å². The van der Waals surface area contributed by atoms with Crippen LogP contribution in [0.4, 0.5) is 5.69 Å². The summed E-state index contributed by atoms with van der Waals surface area (Å²) in [7, 11) is 0. The van der Waals surface area contributed by atoms with Crippen LogP contribution in [0.25, 0.3) is 0 Å². The van der Waals surface area contributed by atoms with Crippen molar-refractivity contribution < 1.29 is 14.3 Å². The quantitative estimate of drug-likeness (QED) is 0.804. The SMILES string of the molecule is CCc1ccccc1O[C@@H](C)C(=O)Nc1ccccc1C(=O)NC(C)(C)C. The second-order valence-electron chi connectivity index (χ2n) is 7.46. The number of ether oxygens (including phenoxy) is 1. The highest BCUT2D eigenvalue weighted by molar-refractivity contribution is 6.04. The van der Waals surface area contributed by atoms with Gasteiger partial charge in [-0.2, -0.15) is 0 Å². The van der Waals surface area contributed by atoms with E-state index in [2.05, 4.69) is 10.6 Å². The molecule has 0 bridgehead atoms. The van der Waals surface area contributed by atoms with Crippen LogP contribution in [0.1, 0.15) is 50.5 Å². The van der Waals surface area contributed by atoms with E-state index in [0.717, 1.165) is 12.0 Å². The Morgan fingerprint density at radius 3 is 2.33 bits per heavy atom. The summed E-state index contributed by atoms with van der Waals surface area (Å²) in [5.41, 5.74) is 1.56. The lowest BCUT2D eigenvalue weighted by Crippen LogP contribution is -2.41. The van der Waals surface area contributed by atoms with Gasteiger partial charge in [-0.15, -0.1) is 0 Å². The summed E-state index contributed by atoms with van der Waals surface area (Å²) in [5.74, 6) is 0.154. The van der Waals surface area contributed by atoms with Gasteiger partial charge in [0.05, 0.1) is 11.3 Å². The fourth-order valence-corrected chi connectivity index (χ4v) is 2.59. The lowest BCUT2D eigenvalue weighted by atomic mass is 10.1. The summed E-state index contributed by atoms with van der Waals surface area (Å²) in [6, 6.07) is 14.6. The first-order valence-corrected chi connectivity index (χ1v) is 9.18. The second kappa shape index (κ2) is 8.71. The third kappa shape index (κ3) is 5.84. The van der Waals surface area contributed by atoms with Gasteiger partial charge in [-0.25, -0.2) is 0 Å². The number of para-hydroxylation sites is 2. The van der Waals surface area contributed by atoms with Crippen LogP contribution in [0, 0.1) is 0 Å². The van der Waals surface area contributed by atoms with Crippen molar-refractivity contribution in [3.8, 4) is 5.75 Å². The highest BCUT2D eigenvalue weighted by Crippen LogP contribution is 2.21. The summed E-state index contributed by atoms with van der Waals surface area (Å²) < 4.78 is 5.84. The molecule has 2 amide bonds. The molecule has 0 saturated heterocycles. The number of hydrogen-bond acceptors (Lipinski definition) is 3. The van der Waals surface area contributed by atoms with Gasteiger partial charge in [0.1, 0.15) is 5.75 Å². The molecule has 1 atom stereocenters. The number of hydrogen-bond donors (Lipinski definition) is 2. The smallest absolute Gasteiger partial charge is 0.265 e. The van der Waals surface area contributed by atoms with Crippen molar-refractivity contribution in [1.29, 1.82) is 0 Å². The van der Waals surface area contributed by atoms with E-state index in [9.17, 15) is 9.59 Å². The van der Waals surface area contributed by atoms with E-state index in [1.807, 2.05) is 52.0 Å². The van der Waals surface area contributed by atoms with Crippen molar-refractivity contribution in [3.63, 3.8) is 0 Å². The van der Waals surface area contributed by atoms with Gasteiger partial charge >= 0.3 is 0 Å². The molecule has 0 aromatic heterocycles. The van der Waals surface area contributed by atoms with Crippen LogP contribution in [0.2, 0.25) is 0 Å². The van der Waals surface area contributed by atoms with Gasteiger partial charge in [0.2, 0.25) is 0 Å². The molecule has 0 aliphatic heterocycles. The number of amides is 2. The Morgan fingerprint density at radius 1 is 1.04 bits per heavy atom. The highest BCUT2D eigenvalue weighted by Gasteiger charge is 2.21. The standard InChI is InChI=1S/C22H28N2O3/c1-6-16-11-7-10-14-19(16)27-15(2)20(25)23-18-13-9-8-12-17(18)21(26)24-22(3,4)5/h7-15H,6H2,1-5H3,(H,23,25)(H,24,26)/t15-/m0/s1. The summed E-state index contributed by atoms with van der Waals surface area (Å²) >= 11 is 0. The van der Waals surface area contributed by atoms with Crippen molar-refractivity contribution in [2.75, 3.05) is 5.32 Å². The van der Waals surface area contributed by atoms with Gasteiger partial charge in [-0.05, 0) is 57.9 Å². The Kier molecular flexibility index (Phi) is 6.61. The first-order chi connectivity index (χ1) is 12.7. The molecule has 0 unspecified atom stereocenters. The zero-order valence-corrected chi connectivity index (χ0v) is 16.6. The van der Waals surface area contributed by atoms with E-state index < -0.39 is 6.10 Å². The Morgan fingerprint density at radius 2 is 1.67 bits per heavy atom. The van der Waals surface area contributed by atoms with Gasteiger partial charge in [0, 0.05) is 5.54 Å². The van der Waals surface area contributed by atoms with Crippen molar-refractivity contribution in [2.45, 2.75) is 52.7 Å². The average Bonchev–Trinajstić information content (AvgIpc) is 2.61. The maximum atomic E-state index is 12.6. The largest absolute Gasteiger partial charge is 0.481 e. The third-order valence-corrected chi connectivity index (χ3v) is 3.94. The molecule has 0 saturated carbocycles. The first-order valence-electron chi connectivity index (χ1n) is 9.18. The minimum atomic E-state index is -0.698. The summed E-state index contributed by atoms with van der Waals surface area (Å²) in [5, 5.41) is 5.72. The lowest BCUT2D eigenvalue weighted by molar-refractivity contribution is -0.122. The Labute approximate surface area is 161 Å². The van der Waals surface area contributed by atoms with Crippen LogP contribution in [0.15, 0.2) is 48.5 Å². The van der Waals surface area contributed by atoms with Gasteiger partial charge in [-0.1, -0.05) is 37.3 Å². The molecular weight excluding hydrogens is 340 g/mol. The molecule has 2 N–H and O–H groups in total. The molecule has 5 heteroatoms. The summed E-state index contributed by atoms with van der Waals surface area (Å²) in [6.45, 7) is 9.46. The van der Waals surface area contributed by atoms with Gasteiger partial charge in [0.25, 0.3) is 11.8 Å². The molecule has 0 radical (unpaired) electrons. The molecule has 0 fully saturated rings. The topological polar surface area (TPSA) is 67.4 Å². The minimum Gasteiger partial charge on any atom is -0.481 e. The first kappa shape index (κ1) is 20.5. The molecule has 5 nitrogen and oxygen atoms in total. The summed E-state index contributed by atoms with van der Waals surface area (Å²) in [6.07, 6.45) is 0.122. The molecule has 2 aromatic carbocycles. The molecule has 0 heterocycles. The van der Waals surface area contributed by atoms with E-state index >= 15 is 0 Å². The predicted octanol–water partition coefficient (Wildman–Crippen LogP) is 4.18. The molecular formula is C22H28N2O3.